The molecule has 0 radical (unpaired) electrons. The van der Waals surface area contributed by atoms with Crippen LogP contribution in [-0.2, 0) is 0 Å². The van der Waals surface area contributed by atoms with Crippen molar-refractivity contribution in [3.8, 4) is 5.75 Å². The van der Waals surface area contributed by atoms with E-state index in [1.807, 2.05) is 0 Å². The van der Waals surface area contributed by atoms with Crippen molar-refractivity contribution < 1.29 is 4.74 Å². The second-order valence-electron chi connectivity index (χ2n) is 9.59. The third kappa shape index (κ3) is 5.12. The number of piperazine rings is 1. The molecule has 4 heteroatoms. The predicted octanol–water partition coefficient (Wildman–Crippen LogP) is 5.33. The highest BCUT2D eigenvalue weighted by atomic mass is 35.5. The van der Waals surface area contributed by atoms with Crippen LogP contribution in [0.25, 0.3) is 0 Å². The largest absolute Gasteiger partial charge is 0.497 e. The van der Waals surface area contributed by atoms with E-state index in [2.05, 4.69) is 41.8 Å². The van der Waals surface area contributed by atoms with Gasteiger partial charge in [-0.1, -0.05) is 19.9 Å². The Balaban J connectivity index is 0.00000210. The molecule has 0 aromatic heterocycles. The molecule has 0 amide bonds. The lowest BCUT2D eigenvalue weighted by atomic mass is 9.71. The number of benzene rings is 1. The maximum atomic E-state index is 5.57. The van der Waals surface area contributed by atoms with E-state index >= 15 is 0 Å². The van der Waals surface area contributed by atoms with Crippen LogP contribution in [0.15, 0.2) is 18.2 Å². The van der Waals surface area contributed by atoms with Gasteiger partial charge in [0.05, 0.1) is 7.11 Å². The maximum absolute atomic E-state index is 5.57. The van der Waals surface area contributed by atoms with Crippen molar-refractivity contribution in [3.63, 3.8) is 0 Å². The van der Waals surface area contributed by atoms with Gasteiger partial charge in [0.1, 0.15) is 5.75 Å². The molecule has 27 heavy (non-hydrogen) atoms. The van der Waals surface area contributed by atoms with Crippen molar-refractivity contribution in [2.45, 2.75) is 58.3 Å². The number of rotatable bonds is 5. The van der Waals surface area contributed by atoms with E-state index < -0.39 is 0 Å². The summed E-state index contributed by atoms with van der Waals surface area (Å²) in [5.74, 6) is 2.72. The van der Waals surface area contributed by atoms with E-state index in [0.29, 0.717) is 11.3 Å². The van der Waals surface area contributed by atoms with Crippen molar-refractivity contribution in [1.29, 1.82) is 0 Å². The highest BCUT2D eigenvalue weighted by molar-refractivity contribution is 5.85. The molecule has 0 unspecified atom stereocenters. The van der Waals surface area contributed by atoms with Crippen LogP contribution in [0.2, 0.25) is 0 Å². The number of nitrogens with zero attached hydrogens (tertiary/aromatic N) is 2. The Labute approximate surface area is 171 Å². The number of ether oxygens (including phenoxy) is 1. The molecule has 1 aromatic carbocycles. The molecule has 3 nitrogen and oxygen atoms in total. The molecule has 0 atom stereocenters. The van der Waals surface area contributed by atoms with Gasteiger partial charge in [0.15, 0.2) is 0 Å². The van der Waals surface area contributed by atoms with E-state index in [-0.39, 0.29) is 12.4 Å². The first-order valence-electron chi connectivity index (χ1n) is 10.7. The van der Waals surface area contributed by atoms with Gasteiger partial charge in [-0.25, -0.2) is 0 Å². The monoisotopic (exact) mass is 392 g/mol. The number of methoxy groups -OCH3 is 1. The summed E-state index contributed by atoms with van der Waals surface area (Å²) in [7, 11) is 1.79. The molecule has 1 aliphatic heterocycles. The third-order valence-corrected chi connectivity index (χ3v) is 6.94. The van der Waals surface area contributed by atoms with Crippen LogP contribution in [0, 0.1) is 11.3 Å². The Morgan fingerprint density at radius 3 is 2.26 bits per heavy atom. The molecule has 2 aliphatic carbocycles. The molecule has 2 saturated carbocycles. The second-order valence-corrected chi connectivity index (χ2v) is 9.59. The number of halogens is 1. The summed E-state index contributed by atoms with van der Waals surface area (Å²) >= 11 is 0. The van der Waals surface area contributed by atoms with Crippen LogP contribution >= 0.6 is 12.4 Å². The minimum Gasteiger partial charge on any atom is -0.497 e. The highest BCUT2D eigenvalue weighted by Gasteiger charge is 2.31. The number of anilines is 1. The minimum atomic E-state index is 0. The summed E-state index contributed by atoms with van der Waals surface area (Å²) in [4.78, 5) is 5.30. The highest BCUT2D eigenvalue weighted by Crippen LogP contribution is 2.45. The number of hydrogen-bond acceptors (Lipinski definition) is 3. The Morgan fingerprint density at radius 1 is 1.00 bits per heavy atom. The molecule has 0 bridgehead atoms. The Kier molecular flexibility index (Phi) is 6.63. The fourth-order valence-electron chi connectivity index (χ4n) is 4.82. The Morgan fingerprint density at radius 2 is 1.67 bits per heavy atom. The minimum absolute atomic E-state index is 0. The normalized spacial score (nSPS) is 23.7. The Bertz CT molecular complexity index is 611. The predicted molar refractivity (Wildman–Crippen MR) is 117 cm³/mol. The van der Waals surface area contributed by atoms with Gasteiger partial charge in [-0.2, -0.15) is 0 Å². The first-order valence-corrected chi connectivity index (χ1v) is 10.7. The molecule has 0 spiro atoms. The molecule has 4 rings (SSSR count). The first kappa shape index (κ1) is 20.8. The zero-order valence-electron chi connectivity index (χ0n) is 17.4. The maximum Gasteiger partial charge on any atom is 0.120 e. The molecule has 1 heterocycles. The van der Waals surface area contributed by atoms with Gasteiger partial charge in [0, 0.05) is 44.5 Å². The van der Waals surface area contributed by atoms with Gasteiger partial charge < -0.3 is 9.64 Å². The van der Waals surface area contributed by atoms with Crippen molar-refractivity contribution in [2.75, 3.05) is 44.7 Å². The van der Waals surface area contributed by atoms with Crippen molar-refractivity contribution in [1.82, 2.24) is 4.90 Å². The summed E-state index contributed by atoms with van der Waals surface area (Å²) in [6.07, 6.45) is 8.26. The van der Waals surface area contributed by atoms with Crippen molar-refractivity contribution >= 4 is 18.1 Å². The first-order chi connectivity index (χ1) is 12.5. The molecule has 3 aliphatic rings. The van der Waals surface area contributed by atoms with E-state index in [4.69, 9.17) is 4.74 Å². The van der Waals surface area contributed by atoms with Crippen LogP contribution in [0.1, 0.15) is 63.9 Å². The second kappa shape index (κ2) is 8.61. The smallest absolute Gasteiger partial charge is 0.120 e. The fourth-order valence-corrected chi connectivity index (χ4v) is 4.82. The average Bonchev–Trinajstić information content (AvgIpc) is 3.46. The molecular formula is C23H37ClN2O. The van der Waals surface area contributed by atoms with Gasteiger partial charge in [0.2, 0.25) is 0 Å². The van der Waals surface area contributed by atoms with Crippen LogP contribution in [0.4, 0.5) is 5.69 Å². The lowest BCUT2D eigenvalue weighted by molar-refractivity contribution is 0.224. The number of hydrogen-bond donors (Lipinski definition) is 0. The van der Waals surface area contributed by atoms with Crippen LogP contribution in [0.5, 0.6) is 5.75 Å². The standard InChI is InChI=1S/C23H36N2O.ClH/c1-23(2)10-8-19(9-11-23)21-7-6-20(26-3)16-22(21)25-14-12-24(13-15-25)17-18-4-5-18;/h6-7,16,18-19H,4-5,8-15,17H2,1-3H3;1H. The van der Waals surface area contributed by atoms with E-state index in [1.165, 1.54) is 63.8 Å². The van der Waals surface area contributed by atoms with Gasteiger partial charge in [-0.05, 0) is 67.4 Å². The van der Waals surface area contributed by atoms with Crippen LogP contribution in [0.3, 0.4) is 0 Å². The van der Waals surface area contributed by atoms with Crippen molar-refractivity contribution in [2.24, 2.45) is 11.3 Å². The SMILES string of the molecule is COc1ccc(C2CCC(C)(C)CC2)c(N2CCN(CC3CC3)CC2)c1.Cl. The molecule has 1 aromatic rings. The van der Waals surface area contributed by atoms with E-state index in [0.717, 1.165) is 24.8 Å². The van der Waals surface area contributed by atoms with Gasteiger partial charge in [0.25, 0.3) is 0 Å². The summed E-state index contributed by atoms with van der Waals surface area (Å²) in [5, 5.41) is 0. The summed E-state index contributed by atoms with van der Waals surface area (Å²) in [6, 6.07) is 6.82. The van der Waals surface area contributed by atoms with Crippen molar-refractivity contribution in [3.05, 3.63) is 23.8 Å². The van der Waals surface area contributed by atoms with E-state index in [1.54, 1.807) is 12.7 Å². The van der Waals surface area contributed by atoms with Crippen LogP contribution < -0.4 is 9.64 Å². The summed E-state index contributed by atoms with van der Waals surface area (Å²) in [6.45, 7) is 10.9. The fraction of sp³-hybridized carbons (Fsp3) is 0.739. The zero-order valence-corrected chi connectivity index (χ0v) is 18.2. The average molecular weight is 393 g/mol. The molecule has 152 valence electrons. The quantitative estimate of drug-likeness (QED) is 0.673. The van der Waals surface area contributed by atoms with Crippen LogP contribution in [-0.4, -0.2) is 44.7 Å². The Hall–Kier alpha value is -0.930. The van der Waals surface area contributed by atoms with Gasteiger partial charge in [-0.15, -0.1) is 12.4 Å². The molecule has 0 N–H and O–H groups in total. The van der Waals surface area contributed by atoms with Gasteiger partial charge in [-0.3, -0.25) is 4.90 Å². The lowest BCUT2D eigenvalue weighted by Crippen LogP contribution is -2.47. The van der Waals surface area contributed by atoms with E-state index in [9.17, 15) is 0 Å². The molecule has 3 fully saturated rings. The molecule has 1 saturated heterocycles. The lowest BCUT2D eigenvalue weighted by Gasteiger charge is -2.40. The third-order valence-electron chi connectivity index (χ3n) is 6.94. The molecular weight excluding hydrogens is 356 g/mol. The zero-order chi connectivity index (χ0) is 18.1. The topological polar surface area (TPSA) is 15.7 Å². The summed E-state index contributed by atoms with van der Waals surface area (Å²) < 4.78 is 5.57. The summed E-state index contributed by atoms with van der Waals surface area (Å²) in [5.41, 5.74) is 3.54. The van der Waals surface area contributed by atoms with Gasteiger partial charge >= 0.3 is 0 Å².